The molecule has 1 atom stereocenters. The van der Waals surface area contributed by atoms with Gasteiger partial charge in [0.25, 0.3) is 0 Å². The molecule has 0 saturated heterocycles. The Bertz CT molecular complexity index is 1110. The Labute approximate surface area is 188 Å². The molecule has 168 valence electrons. The fourth-order valence-electron chi connectivity index (χ4n) is 3.85. The highest BCUT2D eigenvalue weighted by Crippen LogP contribution is 2.26. The topological polar surface area (TPSA) is 117 Å². The Morgan fingerprint density at radius 1 is 1.09 bits per heavy atom. The maximum atomic E-state index is 12.9. The van der Waals surface area contributed by atoms with E-state index in [1.165, 1.54) is 6.92 Å². The van der Waals surface area contributed by atoms with Gasteiger partial charge in [0.15, 0.2) is 0 Å². The third-order valence-electron chi connectivity index (χ3n) is 5.35. The number of carbonyl (C=O) groups is 2. The smallest absolute Gasteiger partial charge is 0.246 e. The number of fused-ring (bicyclic) bond motifs is 1. The number of aliphatic hydroxyl groups is 1. The minimum Gasteiger partial charge on any atom is -0.392 e. The number of benzene rings is 2. The highest BCUT2D eigenvalue weighted by molar-refractivity contribution is 5.97. The van der Waals surface area contributed by atoms with Gasteiger partial charge in [-0.05, 0) is 55.1 Å². The van der Waals surface area contributed by atoms with E-state index in [-0.39, 0.29) is 18.4 Å². The van der Waals surface area contributed by atoms with Crippen molar-refractivity contribution in [2.75, 3.05) is 11.9 Å². The SMILES string of the molecule is CC(=O)N[C@@H](CCCN)C(=O)Nc1ccccc1Cc1cccc2c(CO)cc(C)nc12. The maximum Gasteiger partial charge on any atom is 0.246 e. The van der Waals surface area contributed by atoms with Crippen LogP contribution in [0, 0.1) is 6.92 Å². The number of hydrogen-bond donors (Lipinski definition) is 4. The Balaban J connectivity index is 1.90. The first kappa shape index (κ1) is 23.4. The molecule has 0 bridgehead atoms. The van der Waals surface area contributed by atoms with E-state index >= 15 is 0 Å². The van der Waals surface area contributed by atoms with Crippen molar-refractivity contribution >= 4 is 28.4 Å². The number of nitrogens with two attached hydrogens (primary N) is 1. The van der Waals surface area contributed by atoms with Crippen LogP contribution in [0.3, 0.4) is 0 Å². The van der Waals surface area contributed by atoms with Crippen LogP contribution in [0.15, 0.2) is 48.5 Å². The number of anilines is 1. The van der Waals surface area contributed by atoms with E-state index < -0.39 is 6.04 Å². The lowest BCUT2D eigenvalue weighted by atomic mass is 9.98. The average Bonchev–Trinajstić information content (AvgIpc) is 2.77. The Kier molecular flexibility index (Phi) is 7.92. The molecule has 0 unspecified atom stereocenters. The maximum absolute atomic E-state index is 12.9. The summed E-state index contributed by atoms with van der Waals surface area (Å²) in [5.74, 6) is -0.525. The lowest BCUT2D eigenvalue weighted by Crippen LogP contribution is -2.43. The molecule has 0 radical (unpaired) electrons. The molecular weight excluding hydrogens is 404 g/mol. The number of aryl methyl sites for hydroxylation is 1. The van der Waals surface area contributed by atoms with Gasteiger partial charge in [-0.15, -0.1) is 0 Å². The van der Waals surface area contributed by atoms with Crippen molar-refractivity contribution in [2.45, 2.75) is 45.8 Å². The van der Waals surface area contributed by atoms with E-state index in [0.717, 1.165) is 33.3 Å². The van der Waals surface area contributed by atoms with Gasteiger partial charge < -0.3 is 21.5 Å². The molecule has 0 aliphatic heterocycles. The molecule has 2 amide bonds. The van der Waals surface area contributed by atoms with Gasteiger partial charge in [-0.1, -0.05) is 36.4 Å². The second kappa shape index (κ2) is 10.8. The Morgan fingerprint density at radius 3 is 2.56 bits per heavy atom. The summed E-state index contributed by atoms with van der Waals surface area (Å²) < 4.78 is 0. The van der Waals surface area contributed by atoms with Crippen LogP contribution in [0.1, 0.15) is 42.1 Å². The quantitative estimate of drug-likeness (QED) is 0.413. The molecule has 0 aliphatic carbocycles. The van der Waals surface area contributed by atoms with Gasteiger partial charge in [0.1, 0.15) is 6.04 Å². The molecule has 7 nitrogen and oxygen atoms in total. The number of rotatable bonds is 9. The fraction of sp³-hybridized carbons (Fsp3) is 0.320. The summed E-state index contributed by atoms with van der Waals surface area (Å²) in [6, 6.07) is 14.8. The Hall–Kier alpha value is -3.29. The first-order valence-corrected chi connectivity index (χ1v) is 10.8. The van der Waals surface area contributed by atoms with Crippen molar-refractivity contribution in [1.82, 2.24) is 10.3 Å². The molecule has 0 aliphatic rings. The van der Waals surface area contributed by atoms with Crippen molar-refractivity contribution in [3.63, 3.8) is 0 Å². The second-order valence-corrected chi connectivity index (χ2v) is 7.90. The van der Waals surface area contributed by atoms with Gasteiger partial charge in [-0.25, -0.2) is 0 Å². The monoisotopic (exact) mass is 434 g/mol. The van der Waals surface area contributed by atoms with Crippen LogP contribution in [0.4, 0.5) is 5.69 Å². The summed E-state index contributed by atoms with van der Waals surface area (Å²) >= 11 is 0. The molecule has 1 heterocycles. The third kappa shape index (κ3) is 5.69. The Morgan fingerprint density at radius 2 is 1.84 bits per heavy atom. The van der Waals surface area contributed by atoms with Gasteiger partial charge in [0.2, 0.25) is 11.8 Å². The van der Waals surface area contributed by atoms with Gasteiger partial charge in [-0.3, -0.25) is 14.6 Å². The number of nitrogens with zero attached hydrogens (tertiary/aromatic N) is 1. The van der Waals surface area contributed by atoms with Gasteiger partial charge >= 0.3 is 0 Å². The van der Waals surface area contributed by atoms with Crippen LogP contribution in [0.25, 0.3) is 10.9 Å². The summed E-state index contributed by atoms with van der Waals surface area (Å²) in [5.41, 5.74) is 10.7. The molecule has 0 spiro atoms. The standard InChI is InChI=1S/C25H30N4O3/c1-16-13-20(15-30)21-9-5-8-19(24(21)27-16)14-18-7-3-4-10-22(18)29-25(32)23(11-6-12-26)28-17(2)31/h3-5,7-10,13,23,30H,6,11-12,14-15,26H2,1-2H3,(H,28,31)(H,29,32)/t23-/m0/s1. The van der Waals surface area contributed by atoms with Crippen molar-refractivity contribution in [1.29, 1.82) is 0 Å². The van der Waals surface area contributed by atoms with E-state index in [2.05, 4.69) is 10.6 Å². The predicted molar refractivity (Wildman–Crippen MR) is 126 cm³/mol. The predicted octanol–water partition coefficient (Wildman–Crippen LogP) is 2.81. The van der Waals surface area contributed by atoms with E-state index in [9.17, 15) is 14.7 Å². The molecule has 2 aromatic carbocycles. The van der Waals surface area contributed by atoms with E-state index in [0.29, 0.717) is 31.5 Å². The molecular formula is C25H30N4O3. The van der Waals surface area contributed by atoms with Crippen molar-refractivity contribution in [3.8, 4) is 0 Å². The number of pyridine rings is 1. The summed E-state index contributed by atoms with van der Waals surface area (Å²) in [7, 11) is 0. The van der Waals surface area contributed by atoms with Crippen LogP contribution in [-0.4, -0.2) is 34.5 Å². The van der Waals surface area contributed by atoms with Gasteiger partial charge in [-0.2, -0.15) is 0 Å². The molecule has 32 heavy (non-hydrogen) atoms. The van der Waals surface area contributed by atoms with Crippen LogP contribution in [0.2, 0.25) is 0 Å². The summed E-state index contributed by atoms with van der Waals surface area (Å²) in [4.78, 5) is 29.1. The first-order valence-electron chi connectivity index (χ1n) is 10.8. The van der Waals surface area contributed by atoms with E-state index in [1.54, 1.807) is 0 Å². The lowest BCUT2D eigenvalue weighted by molar-refractivity contribution is -0.125. The molecule has 3 aromatic rings. The second-order valence-electron chi connectivity index (χ2n) is 7.90. The van der Waals surface area contributed by atoms with Crippen molar-refractivity contribution in [2.24, 2.45) is 5.73 Å². The highest BCUT2D eigenvalue weighted by Gasteiger charge is 2.20. The van der Waals surface area contributed by atoms with Crippen molar-refractivity contribution in [3.05, 3.63) is 70.9 Å². The first-order chi connectivity index (χ1) is 15.4. The largest absolute Gasteiger partial charge is 0.392 e. The molecule has 0 fully saturated rings. The molecule has 0 saturated carbocycles. The summed E-state index contributed by atoms with van der Waals surface area (Å²) in [6.07, 6.45) is 1.66. The summed E-state index contributed by atoms with van der Waals surface area (Å²) in [5, 5.41) is 16.3. The number of aliphatic hydroxyl groups excluding tert-OH is 1. The van der Waals surface area contributed by atoms with Crippen LogP contribution in [0.5, 0.6) is 0 Å². The molecule has 7 heteroatoms. The number of hydrogen-bond acceptors (Lipinski definition) is 5. The molecule has 5 N–H and O–H groups in total. The molecule has 3 rings (SSSR count). The highest BCUT2D eigenvalue weighted by atomic mass is 16.3. The van der Waals surface area contributed by atoms with Crippen LogP contribution >= 0.6 is 0 Å². The van der Waals surface area contributed by atoms with Gasteiger partial charge in [0, 0.05) is 30.1 Å². The van der Waals surface area contributed by atoms with Crippen LogP contribution < -0.4 is 16.4 Å². The molecule has 1 aromatic heterocycles. The summed E-state index contributed by atoms with van der Waals surface area (Å²) in [6.45, 7) is 3.70. The minimum atomic E-state index is -0.641. The third-order valence-corrected chi connectivity index (χ3v) is 5.35. The number of aromatic nitrogens is 1. The fourth-order valence-corrected chi connectivity index (χ4v) is 3.85. The van der Waals surface area contributed by atoms with E-state index in [4.69, 9.17) is 10.7 Å². The zero-order valence-corrected chi connectivity index (χ0v) is 18.5. The number of amides is 2. The normalized spacial score (nSPS) is 11.9. The lowest BCUT2D eigenvalue weighted by Gasteiger charge is -2.19. The van der Waals surface area contributed by atoms with Crippen LogP contribution in [-0.2, 0) is 22.6 Å². The number of nitrogens with one attached hydrogen (secondary N) is 2. The number of carbonyl (C=O) groups excluding carboxylic acids is 2. The van der Waals surface area contributed by atoms with E-state index in [1.807, 2.05) is 55.5 Å². The average molecular weight is 435 g/mol. The van der Waals surface area contributed by atoms with Crippen molar-refractivity contribution < 1.29 is 14.7 Å². The minimum absolute atomic E-state index is 0.0523. The number of para-hydroxylation sites is 2. The zero-order chi connectivity index (χ0) is 23.1. The zero-order valence-electron chi connectivity index (χ0n) is 18.5. The van der Waals surface area contributed by atoms with Gasteiger partial charge in [0.05, 0.1) is 12.1 Å².